The van der Waals surface area contributed by atoms with Crippen LogP contribution in [-0.2, 0) is 11.2 Å². The van der Waals surface area contributed by atoms with Gasteiger partial charge in [0.2, 0.25) is 5.91 Å². The number of rotatable bonds is 6. The van der Waals surface area contributed by atoms with Crippen molar-refractivity contribution >= 4 is 22.9 Å². The Morgan fingerprint density at radius 2 is 2.04 bits per heavy atom. The van der Waals surface area contributed by atoms with E-state index in [1.54, 1.807) is 12.1 Å². The number of amides is 1. The Morgan fingerprint density at radius 3 is 2.78 bits per heavy atom. The topological polar surface area (TPSA) is 110 Å². The maximum absolute atomic E-state index is 12.9. The van der Waals surface area contributed by atoms with Gasteiger partial charge in [-0.25, -0.2) is 19.3 Å². The quantitative estimate of drug-likeness (QED) is 0.634. The number of anilines is 1. The fourth-order valence-electron chi connectivity index (χ4n) is 2.30. The number of H-pyrrole nitrogens is 1. The van der Waals surface area contributed by atoms with Gasteiger partial charge >= 0.3 is 0 Å². The molecule has 1 aromatic carbocycles. The molecular formula is C15H15FN6O. The van der Waals surface area contributed by atoms with Crippen LogP contribution in [-0.4, -0.2) is 32.4 Å². The van der Waals surface area contributed by atoms with E-state index in [1.165, 1.54) is 24.8 Å². The molecule has 0 saturated carbocycles. The van der Waals surface area contributed by atoms with Crippen molar-refractivity contribution in [3.05, 3.63) is 48.3 Å². The summed E-state index contributed by atoms with van der Waals surface area (Å²) in [4.78, 5) is 26.8. The van der Waals surface area contributed by atoms with E-state index in [4.69, 9.17) is 5.73 Å². The van der Waals surface area contributed by atoms with Gasteiger partial charge in [-0.2, -0.15) is 0 Å². The molecule has 7 nitrogen and oxygen atoms in total. The third-order valence-electron chi connectivity index (χ3n) is 3.54. The summed E-state index contributed by atoms with van der Waals surface area (Å²) in [6.07, 6.45) is 3.33. The first-order valence-corrected chi connectivity index (χ1v) is 7.05. The Balaban J connectivity index is 1.71. The number of halogens is 1. The summed E-state index contributed by atoms with van der Waals surface area (Å²) in [6.45, 7) is 0.303. The van der Waals surface area contributed by atoms with E-state index in [-0.39, 0.29) is 5.82 Å². The van der Waals surface area contributed by atoms with Crippen LogP contribution >= 0.6 is 0 Å². The van der Waals surface area contributed by atoms with Crippen LogP contribution in [0, 0.1) is 11.7 Å². The standard InChI is InChI=1S/C15H15FN6O/c16-11-3-1-9(2-4-11)5-10(13(17)23)6-18-14-12-15(20-7-19-12)22-8-21-14/h1-4,7-8,10H,5-6H2,(H2,17,23)(H2,18,19,20,21,22)/t10-/m0/s1. The molecule has 0 radical (unpaired) electrons. The summed E-state index contributed by atoms with van der Waals surface area (Å²) < 4.78 is 12.9. The molecule has 4 N–H and O–H groups in total. The summed E-state index contributed by atoms with van der Waals surface area (Å²) in [7, 11) is 0. The second kappa shape index (κ2) is 6.39. The minimum absolute atomic E-state index is 0.303. The van der Waals surface area contributed by atoms with Gasteiger partial charge in [-0.15, -0.1) is 0 Å². The highest BCUT2D eigenvalue weighted by Gasteiger charge is 2.17. The van der Waals surface area contributed by atoms with Crippen molar-refractivity contribution in [1.82, 2.24) is 19.9 Å². The van der Waals surface area contributed by atoms with Crippen LogP contribution in [0.15, 0.2) is 36.9 Å². The van der Waals surface area contributed by atoms with Gasteiger partial charge in [0, 0.05) is 6.54 Å². The average Bonchev–Trinajstić information content (AvgIpc) is 3.02. The molecule has 23 heavy (non-hydrogen) atoms. The molecule has 118 valence electrons. The van der Waals surface area contributed by atoms with Gasteiger partial charge < -0.3 is 16.0 Å². The number of primary amides is 1. The number of hydrogen-bond acceptors (Lipinski definition) is 5. The first kappa shape index (κ1) is 14.9. The Bertz CT molecular complexity index is 816. The highest BCUT2D eigenvalue weighted by atomic mass is 19.1. The molecule has 2 aromatic heterocycles. The van der Waals surface area contributed by atoms with E-state index in [9.17, 15) is 9.18 Å². The molecule has 0 aliphatic carbocycles. The first-order valence-electron chi connectivity index (χ1n) is 7.05. The number of nitrogens with zero attached hydrogens (tertiary/aromatic N) is 3. The molecule has 0 spiro atoms. The maximum Gasteiger partial charge on any atom is 0.222 e. The zero-order valence-corrected chi connectivity index (χ0v) is 12.2. The van der Waals surface area contributed by atoms with Crippen molar-refractivity contribution in [1.29, 1.82) is 0 Å². The molecule has 0 bridgehead atoms. The van der Waals surface area contributed by atoms with E-state index in [0.717, 1.165) is 5.56 Å². The number of benzene rings is 1. The van der Waals surface area contributed by atoms with Crippen LogP contribution in [0.3, 0.4) is 0 Å². The minimum atomic E-state index is -0.451. The molecule has 1 amide bonds. The van der Waals surface area contributed by atoms with E-state index in [2.05, 4.69) is 25.3 Å². The molecule has 8 heteroatoms. The summed E-state index contributed by atoms with van der Waals surface area (Å²) >= 11 is 0. The van der Waals surface area contributed by atoms with E-state index < -0.39 is 11.8 Å². The fraction of sp³-hybridized carbons (Fsp3) is 0.200. The number of aromatic amines is 1. The lowest BCUT2D eigenvalue weighted by Gasteiger charge is -2.15. The highest BCUT2D eigenvalue weighted by molar-refractivity contribution is 5.82. The van der Waals surface area contributed by atoms with Crippen LogP contribution in [0.2, 0.25) is 0 Å². The van der Waals surface area contributed by atoms with Gasteiger partial charge in [-0.05, 0) is 24.1 Å². The van der Waals surface area contributed by atoms with Crippen LogP contribution in [0.5, 0.6) is 0 Å². The second-order valence-corrected chi connectivity index (χ2v) is 5.13. The Labute approximate surface area is 131 Å². The smallest absolute Gasteiger partial charge is 0.222 e. The zero-order chi connectivity index (χ0) is 16.2. The van der Waals surface area contributed by atoms with Crippen molar-refractivity contribution in [2.75, 3.05) is 11.9 Å². The predicted molar refractivity (Wildman–Crippen MR) is 83.0 cm³/mol. The molecule has 2 heterocycles. The molecule has 0 saturated heterocycles. The van der Waals surface area contributed by atoms with Gasteiger partial charge in [0.05, 0.1) is 12.2 Å². The summed E-state index contributed by atoms with van der Waals surface area (Å²) in [5, 5.41) is 3.09. The monoisotopic (exact) mass is 314 g/mol. The van der Waals surface area contributed by atoms with E-state index >= 15 is 0 Å². The second-order valence-electron chi connectivity index (χ2n) is 5.13. The minimum Gasteiger partial charge on any atom is -0.369 e. The van der Waals surface area contributed by atoms with Crippen LogP contribution in [0.25, 0.3) is 11.2 Å². The number of imidazole rings is 1. The predicted octanol–water partition coefficient (Wildman–Crippen LogP) is 1.25. The van der Waals surface area contributed by atoms with Crippen LogP contribution < -0.4 is 11.1 Å². The van der Waals surface area contributed by atoms with E-state index in [1.807, 2.05) is 0 Å². The Kier molecular flexibility index (Phi) is 4.13. The van der Waals surface area contributed by atoms with Gasteiger partial charge in [-0.3, -0.25) is 4.79 Å². The van der Waals surface area contributed by atoms with E-state index in [0.29, 0.717) is 29.9 Å². The number of carbonyl (C=O) groups excluding carboxylic acids is 1. The van der Waals surface area contributed by atoms with Crippen molar-refractivity contribution in [3.63, 3.8) is 0 Å². The lowest BCUT2D eigenvalue weighted by molar-refractivity contribution is -0.121. The van der Waals surface area contributed by atoms with Crippen molar-refractivity contribution < 1.29 is 9.18 Å². The number of nitrogens with two attached hydrogens (primary N) is 1. The lowest BCUT2D eigenvalue weighted by Crippen LogP contribution is -2.31. The van der Waals surface area contributed by atoms with Gasteiger partial charge in [-0.1, -0.05) is 12.1 Å². The largest absolute Gasteiger partial charge is 0.369 e. The molecule has 3 rings (SSSR count). The zero-order valence-electron chi connectivity index (χ0n) is 12.2. The third kappa shape index (κ3) is 3.42. The van der Waals surface area contributed by atoms with Crippen molar-refractivity contribution in [2.24, 2.45) is 11.7 Å². The lowest BCUT2D eigenvalue weighted by atomic mass is 9.98. The summed E-state index contributed by atoms with van der Waals surface area (Å²) in [6, 6.07) is 6.00. The molecule has 0 aliphatic rings. The Hall–Kier alpha value is -3.03. The maximum atomic E-state index is 12.9. The fourth-order valence-corrected chi connectivity index (χ4v) is 2.30. The molecular weight excluding hydrogens is 299 g/mol. The SMILES string of the molecule is NC(=O)[C@H](CNc1ncnc2nc[nH]c12)Cc1ccc(F)cc1. The number of hydrogen-bond donors (Lipinski definition) is 3. The average molecular weight is 314 g/mol. The van der Waals surface area contributed by atoms with Crippen molar-refractivity contribution in [3.8, 4) is 0 Å². The molecule has 0 fully saturated rings. The number of carbonyl (C=O) groups is 1. The van der Waals surface area contributed by atoms with Crippen molar-refractivity contribution in [2.45, 2.75) is 6.42 Å². The number of aromatic nitrogens is 4. The van der Waals surface area contributed by atoms with Gasteiger partial charge in [0.25, 0.3) is 0 Å². The molecule has 0 aliphatic heterocycles. The van der Waals surface area contributed by atoms with Gasteiger partial charge in [0.15, 0.2) is 11.5 Å². The molecule has 1 atom stereocenters. The summed E-state index contributed by atoms with van der Waals surface area (Å²) in [5.41, 5.74) is 7.51. The van der Waals surface area contributed by atoms with Gasteiger partial charge in [0.1, 0.15) is 17.7 Å². The molecule has 0 unspecified atom stereocenters. The Morgan fingerprint density at radius 1 is 1.26 bits per heavy atom. The number of fused-ring (bicyclic) bond motifs is 1. The normalized spacial score (nSPS) is 12.2. The molecule has 3 aromatic rings. The number of nitrogens with one attached hydrogen (secondary N) is 2. The first-order chi connectivity index (χ1) is 11.1. The summed E-state index contributed by atoms with van der Waals surface area (Å²) in [5.74, 6) is -0.645. The third-order valence-corrected chi connectivity index (χ3v) is 3.54. The van der Waals surface area contributed by atoms with Crippen LogP contribution in [0.4, 0.5) is 10.2 Å². The highest BCUT2D eigenvalue weighted by Crippen LogP contribution is 2.16. The van der Waals surface area contributed by atoms with Crippen LogP contribution in [0.1, 0.15) is 5.56 Å².